The zero-order chi connectivity index (χ0) is 17.7. The summed E-state index contributed by atoms with van der Waals surface area (Å²) in [6.07, 6.45) is 17.7. The number of rotatable bonds is 4. The summed E-state index contributed by atoms with van der Waals surface area (Å²) in [7, 11) is 0. The molecule has 142 valence electrons. The summed E-state index contributed by atoms with van der Waals surface area (Å²) in [4.78, 5) is 12.5. The second-order valence-corrected chi connectivity index (χ2v) is 10.7. The maximum atomic E-state index is 12.5. The molecule has 4 saturated carbocycles. The van der Waals surface area contributed by atoms with E-state index in [2.05, 4.69) is 20.8 Å². The van der Waals surface area contributed by atoms with E-state index in [4.69, 9.17) is 0 Å². The largest absolute Gasteiger partial charge is 0.299 e. The van der Waals surface area contributed by atoms with Gasteiger partial charge in [0.05, 0.1) is 0 Å². The molecule has 4 rings (SSSR count). The van der Waals surface area contributed by atoms with Gasteiger partial charge in [-0.15, -0.1) is 0 Å². The lowest BCUT2D eigenvalue weighted by Crippen LogP contribution is -2.53. The third-order valence-electron chi connectivity index (χ3n) is 9.70. The van der Waals surface area contributed by atoms with Gasteiger partial charge in [0.1, 0.15) is 5.78 Å². The van der Waals surface area contributed by atoms with E-state index in [9.17, 15) is 4.79 Å². The highest BCUT2D eigenvalue weighted by Gasteiger charge is 2.60. The smallest absolute Gasteiger partial charge is 0.139 e. The quantitative estimate of drug-likeness (QED) is 0.513. The van der Waals surface area contributed by atoms with Gasteiger partial charge in [-0.3, -0.25) is 4.79 Å². The molecule has 2 unspecified atom stereocenters. The van der Waals surface area contributed by atoms with Crippen molar-refractivity contribution < 1.29 is 4.79 Å². The van der Waals surface area contributed by atoms with Crippen molar-refractivity contribution in [2.45, 2.75) is 104 Å². The molecule has 25 heavy (non-hydrogen) atoms. The van der Waals surface area contributed by atoms with Crippen LogP contribution in [0.5, 0.6) is 0 Å². The molecule has 1 heteroatoms. The van der Waals surface area contributed by atoms with Gasteiger partial charge >= 0.3 is 0 Å². The Morgan fingerprint density at radius 3 is 2.60 bits per heavy atom. The lowest BCUT2D eigenvalue weighted by molar-refractivity contribution is -0.140. The molecule has 0 aliphatic heterocycles. The van der Waals surface area contributed by atoms with Crippen LogP contribution in [0.15, 0.2) is 0 Å². The molecule has 4 fully saturated rings. The fourth-order valence-electron chi connectivity index (χ4n) is 8.06. The van der Waals surface area contributed by atoms with Gasteiger partial charge in [0, 0.05) is 11.8 Å². The summed E-state index contributed by atoms with van der Waals surface area (Å²) in [5.41, 5.74) is 0.652. The minimum absolute atomic E-state index is 0.0573. The average Bonchev–Trinajstić information content (AvgIpc) is 2.90. The third kappa shape index (κ3) is 2.83. The number of Topliss-reactive ketones (excluding diaryl/α,β-unsaturated/α-hetero) is 1. The number of carbonyl (C=O) groups excluding carboxylic acids is 1. The van der Waals surface area contributed by atoms with E-state index in [-0.39, 0.29) is 5.41 Å². The Bertz CT molecular complexity index is 510. The zero-order valence-electron chi connectivity index (χ0n) is 17.0. The summed E-state index contributed by atoms with van der Waals surface area (Å²) < 4.78 is 0. The van der Waals surface area contributed by atoms with Crippen LogP contribution >= 0.6 is 0 Å². The molecule has 0 radical (unpaired) electrons. The number of carbonyl (C=O) groups is 1. The van der Waals surface area contributed by atoms with Crippen molar-refractivity contribution in [1.29, 1.82) is 0 Å². The van der Waals surface area contributed by atoms with Gasteiger partial charge in [0.15, 0.2) is 0 Å². The van der Waals surface area contributed by atoms with Crippen LogP contribution in [0.3, 0.4) is 0 Å². The Hall–Kier alpha value is -0.330. The highest BCUT2D eigenvalue weighted by molar-refractivity contribution is 5.87. The first-order chi connectivity index (χ1) is 12.0. The van der Waals surface area contributed by atoms with Crippen molar-refractivity contribution >= 4 is 5.78 Å². The van der Waals surface area contributed by atoms with Crippen molar-refractivity contribution in [3.05, 3.63) is 0 Å². The normalized spacial score (nSPS) is 49.4. The number of fused-ring (bicyclic) bond motifs is 5. The molecule has 0 aromatic heterocycles. The fraction of sp³-hybridized carbons (Fsp3) is 0.958. The number of hydrogen-bond donors (Lipinski definition) is 0. The second-order valence-electron chi connectivity index (χ2n) is 10.7. The van der Waals surface area contributed by atoms with Crippen molar-refractivity contribution in [3.63, 3.8) is 0 Å². The maximum Gasteiger partial charge on any atom is 0.139 e. The first-order valence-corrected chi connectivity index (χ1v) is 11.5. The Morgan fingerprint density at radius 1 is 0.960 bits per heavy atom. The molecule has 0 bridgehead atoms. The van der Waals surface area contributed by atoms with Gasteiger partial charge in [-0.2, -0.15) is 0 Å². The monoisotopic (exact) mass is 344 g/mol. The molecular formula is C24H40O. The molecule has 0 heterocycles. The molecule has 1 nitrogen and oxygen atoms in total. The average molecular weight is 345 g/mol. The SMILES string of the molecule is CCCCCC1CC[C@@]2(C)C(CC[C@@H]3[C@@H]2CC[C@]2(C)C(=O)CC[C@@H]32)C1. The Balaban J connectivity index is 1.46. The van der Waals surface area contributed by atoms with E-state index >= 15 is 0 Å². The number of hydrogen-bond acceptors (Lipinski definition) is 1. The van der Waals surface area contributed by atoms with Gasteiger partial charge in [0.25, 0.3) is 0 Å². The molecule has 0 N–H and O–H groups in total. The third-order valence-corrected chi connectivity index (χ3v) is 9.70. The van der Waals surface area contributed by atoms with E-state index in [1.54, 1.807) is 0 Å². The highest BCUT2D eigenvalue weighted by Crippen LogP contribution is 2.66. The summed E-state index contributed by atoms with van der Waals surface area (Å²) in [6.45, 7) is 7.31. The number of unbranched alkanes of at least 4 members (excludes halogenated alkanes) is 2. The first kappa shape index (κ1) is 18.1. The van der Waals surface area contributed by atoms with Crippen molar-refractivity contribution in [2.75, 3.05) is 0 Å². The van der Waals surface area contributed by atoms with Crippen LogP contribution in [-0.2, 0) is 4.79 Å². The van der Waals surface area contributed by atoms with Crippen molar-refractivity contribution in [2.24, 2.45) is 40.4 Å². The molecule has 4 aliphatic carbocycles. The van der Waals surface area contributed by atoms with Gasteiger partial charge in [0.2, 0.25) is 0 Å². The van der Waals surface area contributed by atoms with Crippen LogP contribution in [0.2, 0.25) is 0 Å². The Kier molecular flexibility index (Phi) is 4.82. The maximum absolute atomic E-state index is 12.5. The summed E-state index contributed by atoms with van der Waals surface area (Å²) >= 11 is 0. The Morgan fingerprint density at radius 2 is 1.80 bits per heavy atom. The van der Waals surface area contributed by atoms with E-state index < -0.39 is 0 Å². The second kappa shape index (κ2) is 6.68. The minimum Gasteiger partial charge on any atom is -0.299 e. The molecule has 7 atom stereocenters. The molecule has 0 aromatic carbocycles. The van der Waals surface area contributed by atoms with Crippen LogP contribution < -0.4 is 0 Å². The number of ketones is 1. The zero-order valence-corrected chi connectivity index (χ0v) is 17.0. The van der Waals surface area contributed by atoms with Crippen LogP contribution in [-0.4, -0.2) is 5.78 Å². The minimum atomic E-state index is 0.0573. The summed E-state index contributed by atoms with van der Waals surface area (Å²) in [6, 6.07) is 0. The molecule has 4 aliphatic rings. The van der Waals surface area contributed by atoms with Gasteiger partial charge in [-0.05, 0) is 86.4 Å². The van der Waals surface area contributed by atoms with E-state index in [0.29, 0.717) is 11.2 Å². The first-order valence-electron chi connectivity index (χ1n) is 11.5. The summed E-state index contributed by atoms with van der Waals surface area (Å²) in [5.74, 6) is 5.11. The lowest BCUT2D eigenvalue weighted by atomic mass is 9.44. The lowest BCUT2D eigenvalue weighted by Gasteiger charge is -2.60. The van der Waals surface area contributed by atoms with Crippen LogP contribution in [0.25, 0.3) is 0 Å². The van der Waals surface area contributed by atoms with Gasteiger partial charge < -0.3 is 0 Å². The van der Waals surface area contributed by atoms with Crippen LogP contribution in [0, 0.1) is 40.4 Å². The molecule has 0 saturated heterocycles. The van der Waals surface area contributed by atoms with Crippen molar-refractivity contribution in [3.8, 4) is 0 Å². The Labute approximate surface area is 155 Å². The highest BCUT2D eigenvalue weighted by atomic mass is 16.1. The molecular weight excluding hydrogens is 304 g/mol. The predicted molar refractivity (Wildman–Crippen MR) is 104 cm³/mol. The van der Waals surface area contributed by atoms with Crippen LogP contribution in [0.1, 0.15) is 104 Å². The van der Waals surface area contributed by atoms with E-state index in [1.165, 1.54) is 77.0 Å². The predicted octanol–water partition coefficient (Wildman–Crippen LogP) is 6.79. The van der Waals surface area contributed by atoms with Crippen LogP contribution in [0.4, 0.5) is 0 Å². The molecule has 0 aromatic rings. The molecule has 0 spiro atoms. The summed E-state index contributed by atoms with van der Waals surface area (Å²) in [5, 5.41) is 0. The van der Waals surface area contributed by atoms with Gasteiger partial charge in [-0.25, -0.2) is 0 Å². The van der Waals surface area contributed by atoms with Gasteiger partial charge in [-0.1, -0.05) is 46.5 Å². The van der Waals surface area contributed by atoms with Crippen molar-refractivity contribution in [1.82, 2.24) is 0 Å². The standard InChI is InChI=1S/C24H40O/c1-4-5-6-7-17-12-14-23(2)18(16-17)8-9-19-20-10-11-22(25)24(20,3)15-13-21(19)23/h17-21H,4-16H2,1-3H3/t17?,18?,19-,20-,21-,23-,24-/m0/s1. The molecule has 0 amide bonds. The van der Waals surface area contributed by atoms with E-state index in [0.717, 1.165) is 36.0 Å². The topological polar surface area (TPSA) is 17.1 Å². The van der Waals surface area contributed by atoms with E-state index in [1.807, 2.05) is 0 Å². The fourth-order valence-corrected chi connectivity index (χ4v) is 8.06.